The van der Waals surface area contributed by atoms with E-state index in [0.717, 1.165) is 11.3 Å². The lowest BCUT2D eigenvalue weighted by Gasteiger charge is -1.96. The van der Waals surface area contributed by atoms with Gasteiger partial charge in [0.25, 0.3) is 0 Å². The van der Waals surface area contributed by atoms with Crippen LogP contribution in [0.25, 0.3) is 0 Å². The molecule has 0 aliphatic carbocycles. The molecule has 0 aliphatic rings. The highest BCUT2D eigenvalue weighted by Crippen LogP contribution is 2.12. The summed E-state index contributed by atoms with van der Waals surface area (Å²) in [6.45, 7) is 7.75. The summed E-state index contributed by atoms with van der Waals surface area (Å²) in [6, 6.07) is 1.84. The lowest BCUT2D eigenvalue weighted by molar-refractivity contribution is 0.468. The van der Waals surface area contributed by atoms with Gasteiger partial charge in [-0.25, -0.2) is 0 Å². The number of rotatable bonds is 0. The lowest BCUT2D eigenvalue weighted by atomic mass is 10.2. The van der Waals surface area contributed by atoms with E-state index in [1.165, 1.54) is 6.20 Å². The maximum atomic E-state index is 8.98. The van der Waals surface area contributed by atoms with Crippen molar-refractivity contribution in [1.29, 1.82) is 0 Å². The second-order valence-corrected chi connectivity index (χ2v) is 2.11. The van der Waals surface area contributed by atoms with Crippen molar-refractivity contribution in [1.82, 2.24) is 4.98 Å². The Morgan fingerprint density at radius 3 is 2.18 bits per heavy atom. The maximum Gasteiger partial charge on any atom is 0.136 e. The van der Waals surface area contributed by atoms with Crippen LogP contribution < -0.4 is 0 Å². The second-order valence-electron chi connectivity index (χ2n) is 2.11. The first-order chi connectivity index (χ1) is 5.20. The molecule has 0 aromatic carbocycles. The summed E-state index contributed by atoms with van der Waals surface area (Å²) in [5.41, 5.74) is 1.81. The van der Waals surface area contributed by atoms with Crippen molar-refractivity contribution in [3.63, 3.8) is 0 Å². The minimum atomic E-state index is 0.264. The molecule has 2 heteroatoms. The predicted molar refractivity (Wildman–Crippen MR) is 46.7 cm³/mol. The fraction of sp³-hybridized carbons (Fsp3) is 0.444. The predicted octanol–water partition coefficient (Wildman–Crippen LogP) is 2.43. The SMILES string of the molecule is CC.Cc1cc(C)c(O)cn1. The Hall–Kier alpha value is -1.05. The number of pyridine rings is 1. The van der Waals surface area contributed by atoms with Crippen LogP contribution in [0.2, 0.25) is 0 Å². The summed E-state index contributed by atoms with van der Waals surface area (Å²) in [5.74, 6) is 0.264. The summed E-state index contributed by atoms with van der Waals surface area (Å²) in [4.78, 5) is 3.89. The van der Waals surface area contributed by atoms with Gasteiger partial charge in [0.15, 0.2) is 0 Å². The van der Waals surface area contributed by atoms with Crippen LogP contribution in [0.4, 0.5) is 0 Å². The first-order valence-corrected chi connectivity index (χ1v) is 3.82. The van der Waals surface area contributed by atoms with E-state index in [4.69, 9.17) is 5.11 Å². The average molecular weight is 153 g/mol. The zero-order chi connectivity index (χ0) is 8.85. The first kappa shape index (κ1) is 9.95. The number of hydrogen-bond acceptors (Lipinski definition) is 2. The number of aryl methyl sites for hydroxylation is 2. The standard InChI is InChI=1S/C7H9NO.C2H6/c1-5-3-6(2)8-4-7(5)9;1-2/h3-4,9H,1-2H3;1-2H3. The largest absolute Gasteiger partial charge is 0.506 e. The monoisotopic (exact) mass is 153 g/mol. The van der Waals surface area contributed by atoms with Gasteiger partial charge in [0, 0.05) is 5.69 Å². The zero-order valence-electron chi connectivity index (χ0n) is 7.55. The highest BCUT2D eigenvalue weighted by atomic mass is 16.3. The molecule has 1 aromatic heterocycles. The number of aromatic hydroxyl groups is 1. The Labute approximate surface area is 67.9 Å². The zero-order valence-corrected chi connectivity index (χ0v) is 7.55. The Morgan fingerprint density at radius 1 is 1.27 bits per heavy atom. The van der Waals surface area contributed by atoms with E-state index >= 15 is 0 Å². The lowest BCUT2D eigenvalue weighted by Crippen LogP contribution is -1.81. The Morgan fingerprint density at radius 2 is 1.82 bits per heavy atom. The third-order valence-electron chi connectivity index (χ3n) is 1.22. The van der Waals surface area contributed by atoms with Gasteiger partial charge in [-0.2, -0.15) is 0 Å². The van der Waals surface area contributed by atoms with Gasteiger partial charge < -0.3 is 5.11 Å². The van der Waals surface area contributed by atoms with Gasteiger partial charge in [-0.3, -0.25) is 4.98 Å². The van der Waals surface area contributed by atoms with E-state index in [1.54, 1.807) is 0 Å². The normalized spacial score (nSPS) is 8.36. The molecule has 0 saturated heterocycles. The van der Waals surface area contributed by atoms with Crippen molar-refractivity contribution in [3.05, 3.63) is 23.5 Å². The smallest absolute Gasteiger partial charge is 0.136 e. The van der Waals surface area contributed by atoms with Crippen LogP contribution in [-0.2, 0) is 0 Å². The van der Waals surface area contributed by atoms with Crippen molar-refractivity contribution < 1.29 is 5.11 Å². The molecule has 0 spiro atoms. The van der Waals surface area contributed by atoms with Gasteiger partial charge >= 0.3 is 0 Å². The molecule has 1 rings (SSSR count). The molecule has 11 heavy (non-hydrogen) atoms. The minimum Gasteiger partial charge on any atom is -0.506 e. The van der Waals surface area contributed by atoms with Crippen LogP contribution in [0.3, 0.4) is 0 Å². The van der Waals surface area contributed by atoms with Gasteiger partial charge in [-0.05, 0) is 25.5 Å². The van der Waals surface area contributed by atoms with Crippen LogP contribution in [0.5, 0.6) is 5.75 Å². The van der Waals surface area contributed by atoms with E-state index in [9.17, 15) is 0 Å². The third kappa shape index (κ3) is 3.03. The fourth-order valence-electron chi connectivity index (χ4n) is 0.689. The van der Waals surface area contributed by atoms with Crippen LogP contribution >= 0.6 is 0 Å². The van der Waals surface area contributed by atoms with Crippen LogP contribution in [0, 0.1) is 13.8 Å². The molecular weight excluding hydrogens is 138 g/mol. The molecule has 0 aliphatic heterocycles. The van der Waals surface area contributed by atoms with Crippen molar-refractivity contribution in [2.24, 2.45) is 0 Å². The molecule has 0 amide bonds. The number of aromatic nitrogens is 1. The van der Waals surface area contributed by atoms with Gasteiger partial charge in [0.2, 0.25) is 0 Å². The van der Waals surface area contributed by atoms with E-state index in [0.29, 0.717) is 0 Å². The van der Waals surface area contributed by atoms with Gasteiger partial charge in [-0.15, -0.1) is 0 Å². The molecule has 62 valence electrons. The summed E-state index contributed by atoms with van der Waals surface area (Å²) < 4.78 is 0. The van der Waals surface area contributed by atoms with Gasteiger partial charge in [0.1, 0.15) is 5.75 Å². The maximum absolute atomic E-state index is 8.98. The van der Waals surface area contributed by atoms with Crippen molar-refractivity contribution in [3.8, 4) is 5.75 Å². The van der Waals surface area contributed by atoms with Crippen molar-refractivity contribution in [2.45, 2.75) is 27.7 Å². The van der Waals surface area contributed by atoms with Crippen LogP contribution in [0.15, 0.2) is 12.3 Å². The van der Waals surface area contributed by atoms with Gasteiger partial charge in [0.05, 0.1) is 6.20 Å². The van der Waals surface area contributed by atoms with Crippen molar-refractivity contribution >= 4 is 0 Å². The molecule has 1 heterocycles. The van der Waals surface area contributed by atoms with E-state index in [2.05, 4.69) is 4.98 Å². The molecule has 0 saturated carbocycles. The molecule has 0 unspecified atom stereocenters. The van der Waals surface area contributed by atoms with Crippen LogP contribution in [0.1, 0.15) is 25.1 Å². The Balaban J connectivity index is 0.000000461. The molecule has 0 atom stereocenters. The third-order valence-corrected chi connectivity index (χ3v) is 1.22. The summed E-state index contributed by atoms with van der Waals surface area (Å²) in [6.07, 6.45) is 1.46. The molecule has 1 N–H and O–H groups in total. The van der Waals surface area contributed by atoms with E-state index < -0.39 is 0 Å². The molecular formula is C9H15NO. The molecule has 1 aromatic rings. The molecule has 0 radical (unpaired) electrons. The molecule has 0 bridgehead atoms. The first-order valence-electron chi connectivity index (χ1n) is 3.82. The summed E-state index contributed by atoms with van der Waals surface area (Å²) in [7, 11) is 0. The average Bonchev–Trinajstić information content (AvgIpc) is 2.02. The highest BCUT2D eigenvalue weighted by molar-refractivity contribution is 5.28. The summed E-state index contributed by atoms with van der Waals surface area (Å²) in [5, 5.41) is 8.98. The van der Waals surface area contributed by atoms with Gasteiger partial charge in [-0.1, -0.05) is 13.8 Å². The fourth-order valence-corrected chi connectivity index (χ4v) is 0.689. The number of hydrogen-bond donors (Lipinski definition) is 1. The Kier molecular flexibility index (Phi) is 4.27. The van der Waals surface area contributed by atoms with Crippen LogP contribution in [-0.4, -0.2) is 10.1 Å². The van der Waals surface area contributed by atoms with E-state index in [1.807, 2.05) is 33.8 Å². The Bertz CT molecular complexity index is 221. The van der Waals surface area contributed by atoms with E-state index in [-0.39, 0.29) is 5.75 Å². The molecule has 0 fully saturated rings. The highest BCUT2D eigenvalue weighted by Gasteiger charge is 1.93. The topological polar surface area (TPSA) is 33.1 Å². The minimum absolute atomic E-state index is 0.264. The van der Waals surface area contributed by atoms with Crippen molar-refractivity contribution in [2.75, 3.05) is 0 Å². The molecule has 2 nitrogen and oxygen atoms in total. The number of nitrogens with zero attached hydrogens (tertiary/aromatic N) is 1. The quantitative estimate of drug-likeness (QED) is 0.621. The second kappa shape index (κ2) is 4.72. The summed E-state index contributed by atoms with van der Waals surface area (Å²) >= 11 is 0.